The molecule has 1 aliphatic carbocycles. The molecular formula is C13H14Br2O. The maximum atomic E-state index is 6.09. The summed E-state index contributed by atoms with van der Waals surface area (Å²) in [5.41, 5.74) is 2.86. The summed E-state index contributed by atoms with van der Waals surface area (Å²) in [5.74, 6) is 0. The normalized spacial score (nSPS) is 28.4. The quantitative estimate of drug-likeness (QED) is 0.670. The Balaban J connectivity index is 2.20. The van der Waals surface area contributed by atoms with Crippen LogP contribution in [-0.4, -0.2) is 6.61 Å². The molecule has 1 fully saturated rings. The van der Waals surface area contributed by atoms with E-state index in [4.69, 9.17) is 4.74 Å². The molecule has 1 saturated heterocycles. The Hall–Kier alpha value is 0.140. The van der Waals surface area contributed by atoms with E-state index >= 15 is 0 Å². The van der Waals surface area contributed by atoms with Crippen molar-refractivity contribution >= 4 is 31.9 Å². The lowest BCUT2D eigenvalue weighted by molar-refractivity contribution is -0.0146. The Morgan fingerprint density at radius 3 is 2.56 bits per heavy atom. The van der Waals surface area contributed by atoms with Crippen LogP contribution in [0.2, 0.25) is 0 Å². The molecule has 0 unspecified atom stereocenters. The molecule has 86 valence electrons. The number of hydrogen-bond acceptors (Lipinski definition) is 1. The molecule has 3 heteroatoms. The predicted molar refractivity (Wildman–Crippen MR) is 71.6 cm³/mol. The van der Waals surface area contributed by atoms with E-state index < -0.39 is 0 Å². The molecule has 1 atom stereocenters. The third-order valence-corrected chi connectivity index (χ3v) is 5.17. The minimum absolute atomic E-state index is 0.0101. The lowest BCUT2D eigenvalue weighted by atomic mass is 9.77. The molecule has 0 aromatic heterocycles. The van der Waals surface area contributed by atoms with Crippen LogP contribution in [0.15, 0.2) is 21.1 Å². The van der Waals surface area contributed by atoms with Crippen LogP contribution in [-0.2, 0) is 16.8 Å². The van der Waals surface area contributed by atoms with Crippen molar-refractivity contribution in [3.05, 3.63) is 32.2 Å². The van der Waals surface area contributed by atoms with Crippen LogP contribution in [0.3, 0.4) is 0 Å². The van der Waals surface area contributed by atoms with Gasteiger partial charge in [0.1, 0.15) is 0 Å². The van der Waals surface area contributed by atoms with Crippen LogP contribution in [0.5, 0.6) is 0 Å². The fraction of sp³-hybridized carbons (Fsp3) is 0.538. The van der Waals surface area contributed by atoms with Crippen LogP contribution < -0.4 is 0 Å². The third-order valence-electron chi connectivity index (χ3n) is 3.77. The van der Waals surface area contributed by atoms with Gasteiger partial charge in [0, 0.05) is 21.1 Å². The molecule has 0 amide bonds. The van der Waals surface area contributed by atoms with E-state index in [9.17, 15) is 0 Å². The zero-order valence-corrected chi connectivity index (χ0v) is 12.2. The summed E-state index contributed by atoms with van der Waals surface area (Å²) in [7, 11) is 0. The van der Waals surface area contributed by atoms with E-state index in [2.05, 4.69) is 44.0 Å². The van der Waals surface area contributed by atoms with Crippen molar-refractivity contribution < 1.29 is 4.74 Å². The first-order valence-corrected chi connectivity index (χ1v) is 7.43. The Morgan fingerprint density at radius 1 is 1.06 bits per heavy atom. The van der Waals surface area contributed by atoms with Crippen LogP contribution in [0.1, 0.15) is 36.8 Å². The summed E-state index contributed by atoms with van der Waals surface area (Å²) in [6, 6.07) is 4.27. The van der Waals surface area contributed by atoms with Crippen LogP contribution >= 0.6 is 31.9 Å². The first kappa shape index (κ1) is 11.2. The van der Waals surface area contributed by atoms with Crippen LogP contribution in [0.4, 0.5) is 0 Å². The molecule has 1 aromatic rings. The lowest BCUT2D eigenvalue weighted by Gasteiger charge is -2.36. The van der Waals surface area contributed by atoms with Gasteiger partial charge in [-0.2, -0.15) is 0 Å². The van der Waals surface area contributed by atoms with E-state index in [1.54, 1.807) is 0 Å². The highest BCUT2D eigenvalue weighted by molar-refractivity contribution is 9.11. The second-order valence-corrected chi connectivity index (χ2v) is 6.39. The highest BCUT2D eigenvalue weighted by atomic mass is 79.9. The second kappa shape index (κ2) is 4.11. The maximum absolute atomic E-state index is 6.09. The minimum atomic E-state index is 0.0101. The molecule has 16 heavy (non-hydrogen) atoms. The van der Waals surface area contributed by atoms with Gasteiger partial charge in [-0.1, -0.05) is 31.9 Å². The van der Waals surface area contributed by atoms with Gasteiger partial charge in [-0.25, -0.2) is 0 Å². The topological polar surface area (TPSA) is 9.23 Å². The summed E-state index contributed by atoms with van der Waals surface area (Å²) in [4.78, 5) is 0. The smallest absolute Gasteiger partial charge is 0.0946 e. The minimum Gasteiger partial charge on any atom is -0.370 e. The molecule has 0 saturated carbocycles. The van der Waals surface area contributed by atoms with Gasteiger partial charge in [-0.15, -0.1) is 0 Å². The molecule has 2 aliphatic rings. The van der Waals surface area contributed by atoms with Crippen LogP contribution in [0, 0.1) is 0 Å². The highest BCUT2D eigenvalue weighted by Gasteiger charge is 2.42. The van der Waals surface area contributed by atoms with Crippen LogP contribution in [0.25, 0.3) is 0 Å². The number of benzene rings is 1. The lowest BCUT2D eigenvalue weighted by Crippen LogP contribution is -2.30. The van der Waals surface area contributed by atoms with Gasteiger partial charge in [0.25, 0.3) is 0 Å². The van der Waals surface area contributed by atoms with Crippen molar-refractivity contribution in [1.82, 2.24) is 0 Å². The fourth-order valence-corrected chi connectivity index (χ4v) is 4.36. The van der Waals surface area contributed by atoms with Crippen molar-refractivity contribution in [3.8, 4) is 0 Å². The first-order chi connectivity index (χ1) is 7.73. The van der Waals surface area contributed by atoms with E-state index in [0.29, 0.717) is 0 Å². The van der Waals surface area contributed by atoms with Gasteiger partial charge in [0.2, 0.25) is 0 Å². The van der Waals surface area contributed by atoms with Gasteiger partial charge in [0.05, 0.1) is 5.60 Å². The Labute approximate surface area is 113 Å². The SMILES string of the molecule is Brc1ccc(Br)c2c1CCC[C@]21CCCO1. The number of fused-ring (bicyclic) bond motifs is 2. The Kier molecular flexibility index (Phi) is 2.89. The summed E-state index contributed by atoms with van der Waals surface area (Å²) in [6.45, 7) is 0.915. The molecule has 0 N–H and O–H groups in total. The van der Waals surface area contributed by atoms with Gasteiger partial charge in [-0.3, -0.25) is 0 Å². The molecule has 3 rings (SSSR count). The van der Waals surface area contributed by atoms with Gasteiger partial charge < -0.3 is 4.74 Å². The predicted octanol–water partition coefficient (Wildman–Crippen LogP) is 4.55. The fourth-order valence-electron chi connectivity index (χ4n) is 3.10. The van der Waals surface area contributed by atoms with Crippen molar-refractivity contribution in [1.29, 1.82) is 0 Å². The monoisotopic (exact) mass is 344 g/mol. The van der Waals surface area contributed by atoms with Gasteiger partial charge in [-0.05, 0) is 49.8 Å². The molecule has 0 bridgehead atoms. The first-order valence-electron chi connectivity index (χ1n) is 5.84. The number of rotatable bonds is 0. The Morgan fingerprint density at radius 2 is 1.81 bits per heavy atom. The summed E-state index contributed by atoms with van der Waals surface area (Å²) in [5, 5.41) is 0. The summed E-state index contributed by atoms with van der Waals surface area (Å²) >= 11 is 7.37. The Bertz CT molecular complexity index is 422. The number of halogens is 2. The molecule has 1 aromatic carbocycles. The molecule has 1 aliphatic heterocycles. The molecule has 1 heterocycles. The largest absolute Gasteiger partial charge is 0.370 e. The van der Waals surface area contributed by atoms with Gasteiger partial charge >= 0.3 is 0 Å². The molecule has 1 spiro atoms. The average Bonchev–Trinajstić information content (AvgIpc) is 2.73. The number of hydrogen-bond donors (Lipinski definition) is 0. The van der Waals surface area contributed by atoms with E-state index in [-0.39, 0.29) is 5.60 Å². The molecule has 0 radical (unpaired) electrons. The molecule has 1 nitrogen and oxygen atoms in total. The van der Waals surface area contributed by atoms with Crippen molar-refractivity contribution in [3.63, 3.8) is 0 Å². The van der Waals surface area contributed by atoms with E-state index in [0.717, 1.165) is 6.61 Å². The molecular weight excluding hydrogens is 332 g/mol. The third kappa shape index (κ3) is 1.59. The second-order valence-electron chi connectivity index (χ2n) is 4.68. The zero-order chi connectivity index (χ0) is 11.2. The van der Waals surface area contributed by atoms with Crippen molar-refractivity contribution in [2.45, 2.75) is 37.7 Å². The standard InChI is InChI=1S/C13H14Br2O/c14-10-4-5-11(15)12-9(10)3-1-6-13(12)7-2-8-16-13/h4-5H,1-3,6-8H2/t13-/m0/s1. The van der Waals surface area contributed by atoms with Crippen molar-refractivity contribution in [2.24, 2.45) is 0 Å². The van der Waals surface area contributed by atoms with Gasteiger partial charge in [0.15, 0.2) is 0 Å². The maximum Gasteiger partial charge on any atom is 0.0946 e. The summed E-state index contributed by atoms with van der Waals surface area (Å²) in [6.07, 6.45) is 5.95. The van der Waals surface area contributed by atoms with Crippen molar-refractivity contribution in [2.75, 3.05) is 6.61 Å². The summed E-state index contributed by atoms with van der Waals surface area (Å²) < 4.78 is 8.54. The number of ether oxygens (including phenoxy) is 1. The zero-order valence-electron chi connectivity index (χ0n) is 9.06. The average molecular weight is 346 g/mol. The van der Waals surface area contributed by atoms with E-state index in [1.807, 2.05) is 0 Å². The highest BCUT2D eigenvalue weighted by Crippen LogP contribution is 2.49. The van der Waals surface area contributed by atoms with E-state index in [1.165, 1.54) is 52.2 Å².